The number of carbonyl (C=O) groups is 3. The van der Waals surface area contributed by atoms with Crippen molar-refractivity contribution >= 4 is 18.9 Å². The second-order valence-electron chi connectivity index (χ2n) is 3.65. The molecule has 0 aliphatic heterocycles. The highest BCUT2D eigenvalue weighted by atomic mass is 16.5. The molecular weight excluding hydrogens is 268 g/mol. The van der Waals surface area contributed by atoms with Crippen LogP contribution in [0.1, 0.15) is 12.8 Å². The molecule has 0 fully saturated rings. The summed E-state index contributed by atoms with van der Waals surface area (Å²) < 4.78 is 14.0. The maximum Gasteiger partial charge on any atom is 0.307 e. The summed E-state index contributed by atoms with van der Waals surface area (Å²) in [6.07, 6.45) is 0.309. The molecule has 112 valence electrons. The first-order valence-electron chi connectivity index (χ1n) is 6.10. The molecule has 0 bridgehead atoms. The molecule has 0 aliphatic rings. The molecule has 8 nitrogen and oxygen atoms in total. The fraction of sp³-hybridized carbons (Fsp3) is 0.667. The van der Waals surface area contributed by atoms with Crippen LogP contribution in [-0.4, -0.2) is 63.3 Å². The normalized spacial score (nSPS) is 9.60. The summed E-state index contributed by atoms with van der Waals surface area (Å²) >= 11 is 0. The number of hydrogen-bond acceptors (Lipinski definition) is 8. The Bertz CT molecular complexity index is 314. The molecule has 0 N–H and O–H groups in total. The predicted octanol–water partition coefficient (Wildman–Crippen LogP) is -0.519. The standard InChI is InChI=1S/C12H18N2O6/c13-3-1-7-20-12(17)2-4-14(5-8-18-10-15)6-9-19-11-16/h10-11H,1-2,4-9H2. The quantitative estimate of drug-likeness (QED) is 0.193. The number of rotatable bonds is 13. The topological polar surface area (TPSA) is 106 Å². The predicted molar refractivity (Wildman–Crippen MR) is 66.3 cm³/mol. The molecule has 0 radical (unpaired) electrons. The first-order valence-corrected chi connectivity index (χ1v) is 6.10. The van der Waals surface area contributed by atoms with Crippen molar-refractivity contribution in [2.24, 2.45) is 0 Å². The highest BCUT2D eigenvalue weighted by Gasteiger charge is 2.09. The molecule has 0 saturated heterocycles. The van der Waals surface area contributed by atoms with E-state index in [-0.39, 0.29) is 32.7 Å². The minimum absolute atomic E-state index is 0.0812. The van der Waals surface area contributed by atoms with Crippen molar-refractivity contribution < 1.29 is 28.6 Å². The lowest BCUT2D eigenvalue weighted by Crippen LogP contribution is -2.33. The van der Waals surface area contributed by atoms with E-state index in [0.29, 0.717) is 32.6 Å². The Kier molecular flexibility index (Phi) is 11.9. The van der Waals surface area contributed by atoms with Crippen LogP contribution in [0.3, 0.4) is 0 Å². The van der Waals surface area contributed by atoms with E-state index in [4.69, 9.17) is 10.00 Å². The van der Waals surface area contributed by atoms with E-state index in [1.807, 2.05) is 6.07 Å². The lowest BCUT2D eigenvalue weighted by atomic mass is 10.3. The number of hydrogen-bond donors (Lipinski definition) is 0. The van der Waals surface area contributed by atoms with E-state index in [2.05, 4.69) is 9.47 Å². The van der Waals surface area contributed by atoms with Crippen molar-refractivity contribution in [3.63, 3.8) is 0 Å². The van der Waals surface area contributed by atoms with Gasteiger partial charge in [-0.25, -0.2) is 0 Å². The van der Waals surface area contributed by atoms with E-state index in [1.54, 1.807) is 4.90 Å². The Morgan fingerprint density at radius 3 is 2.15 bits per heavy atom. The fourth-order valence-electron chi connectivity index (χ4n) is 1.33. The van der Waals surface area contributed by atoms with Crippen molar-refractivity contribution in [3.8, 4) is 6.07 Å². The van der Waals surface area contributed by atoms with E-state index in [9.17, 15) is 14.4 Å². The van der Waals surface area contributed by atoms with Gasteiger partial charge in [0.2, 0.25) is 0 Å². The van der Waals surface area contributed by atoms with Gasteiger partial charge in [-0.15, -0.1) is 0 Å². The molecule has 0 aromatic heterocycles. The van der Waals surface area contributed by atoms with Gasteiger partial charge in [0, 0.05) is 19.6 Å². The summed E-state index contributed by atoms with van der Waals surface area (Å²) in [5, 5.41) is 8.30. The highest BCUT2D eigenvalue weighted by Crippen LogP contribution is 1.95. The molecule has 0 amide bonds. The summed E-state index contributed by atoms with van der Waals surface area (Å²) in [5.74, 6) is -0.405. The van der Waals surface area contributed by atoms with Crippen LogP contribution < -0.4 is 0 Å². The summed E-state index contributed by atoms with van der Waals surface area (Å²) in [6.45, 7) is 2.38. The highest BCUT2D eigenvalue weighted by molar-refractivity contribution is 5.69. The van der Waals surface area contributed by atoms with E-state index >= 15 is 0 Å². The van der Waals surface area contributed by atoms with Gasteiger partial charge in [-0.2, -0.15) is 5.26 Å². The second-order valence-corrected chi connectivity index (χ2v) is 3.65. The van der Waals surface area contributed by atoms with Crippen molar-refractivity contribution in [1.82, 2.24) is 4.90 Å². The van der Waals surface area contributed by atoms with Gasteiger partial charge in [0.15, 0.2) is 0 Å². The largest absolute Gasteiger partial charge is 0.467 e. The SMILES string of the molecule is N#CCCOC(=O)CCN(CCOC=O)CCOC=O. The van der Waals surface area contributed by atoms with Gasteiger partial charge in [0.1, 0.15) is 19.8 Å². The monoisotopic (exact) mass is 286 g/mol. The van der Waals surface area contributed by atoms with Gasteiger partial charge >= 0.3 is 5.97 Å². The number of ether oxygens (including phenoxy) is 3. The van der Waals surface area contributed by atoms with Gasteiger partial charge < -0.3 is 14.2 Å². The van der Waals surface area contributed by atoms with Crippen LogP contribution >= 0.6 is 0 Å². The van der Waals surface area contributed by atoms with Crippen LogP contribution in [0.15, 0.2) is 0 Å². The fourth-order valence-corrected chi connectivity index (χ4v) is 1.33. The number of esters is 1. The van der Waals surface area contributed by atoms with Crippen LogP contribution in [0.2, 0.25) is 0 Å². The van der Waals surface area contributed by atoms with Crippen LogP contribution in [0, 0.1) is 11.3 Å². The molecule has 0 aliphatic carbocycles. The average Bonchev–Trinajstić information content (AvgIpc) is 2.45. The molecule has 0 atom stereocenters. The van der Waals surface area contributed by atoms with Crippen LogP contribution in [-0.2, 0) is 28.6 Å². The smallest absolute Gasteiger partial charge is 0.307 e. The van der Waals surface area contributed by atoms with Gasteiger partial charge in [0.25, 0.3) is 12.9 Å². The zero-order chi connectivity index (χ0) is 15.1. The molecule has 8 heteroatoms. The van der Waals surface area contributed by atoms with Gasteiger partial charge in [-0.3, -0.25) is 19.3 Å². The van der Waals surface area contributed by atoms with E-state index < -0.39 is 5.97 Å². The molecule has 0 aromatic carbocycles. The molecule has 0 heterocycles. The minimum atomic E-state index is -0.405. The maximum absolute atomic E-state index is 11.3. The van der Waals surface area contributed by atoms with Crippen molar-refractivity contribution in [3.05, 3.63) is 0 Å². The number of nitriles is 1. The average molecular weight is 286 g/mol. The Balaban J connectivity index is 3.92. The zero-order valence-corrected chi connectivity index (χ0v) is 11.2. The lowest BCUT2D eigenvalue weighted by Gasteiger charge is -2.20. The Hall–Kier alpha value is -2.14. The maximum atomic E-state index is 11.3. The molecule has 0 aromatic rings. The van der Waals surface area contributed by atoms with Crippen molar-refractivity contribution in [2.75, 3.05) is 39.5 Å². The summed E-state index contributed by atoms with van der Waals surface area (Å²) in [6, 6.07) is 1.87. The van der Waals surface area contributed by atoms with Gasteiger partial charge in [0.05, 0.1) is 18.9 Å². The number of carbonyl (C=O) groups excluding carboxylic acids is 3. The van der Waals surface area contributed by atoms with Crippen LogP contribution in [0.5, 0.6) is 0 Å². The van der Waals surface area contributed by atoms with E-state index in [0.717, 1.165) is 0 Å². The zero-order valence-electron chi connectivity index (χ0n) is 11.2. The summed E-state index contributed by atoms with van der Waals surface area (Å²) in [7, 11) is 0. The summed E-state index contributed by atoms with van der Waals surface area (Å²) in [4.78, 5) is 33.2. The molecule has 0 rings (SSSR count). The van der Waals surface area contributed by atoms with Gasteiger partial charge in [-0.05, 0) is 0 Å². The first kappa shape index (κ1) is 17.9. The molecule has 0 spiro atoms. The van der Waals surface area contributed by atoms with Crippen LogP contribution in [0.4, 0.5) is 0 Å². The first-order chi connectivity index (χ1) is 9.74. The molecular formula is C12H18N2O6. The van der Waals surface area contributed by atoms with E-state index in [1.165, 1.54) is 0 Å². The molecule has 20 heavy (non-hydrogen) atoms. The Labute approximate surface area is 117 Å². The lowest BCUT2D eigenvalue weighted by molar-refractivity contribution is -0.144. The van der Waals surface area contributed by atoms with Crippen molar-refractivity contribution in [2.45, 2.75) is 12.8 Å². The third-order valence-electron chi connectivity index (χ3n) is 2.30. The summed E-state index contributed by atoms with van der Waals surface area (Å²) in [5.41, 5.74) is 0. The second kappa shape index (κ2) is 13.3. The minimum Gasteiger partial charge on any atom is -0.467 e. The van der Waals surface area contributed by atoms with Crippen molar-refractivity contribution in [1.29, 1.82) is 5.26 Å². The Morgan fingerprint density at radius 2 is 1.65 bits per heavy atom. The third-order valence-corrected chi connectivity index (χ3v) is 2.30. The molecule has 0 saturated carbocycles. The van der Waals surface area contributed by atoms with Crippen LogP contribution in [0.25, 0.3) is 0 Å². The van der Waals surface area contributed by atoms with Gasteiger partial charge in [-0.1, -0.05) is 0 Å². The number of nitrogens with zero attached hydrogens (tertiary/aromatic N) is 2. The third kappa shape index (κ3) is 11.0. The Morgan fingerprint density at radius 1 is 1.05 bits per heavy atom. The molecule has 0 unspecified atom stereocenters.